The van der Waals surface area contributed by atoms with Crippen molar-refractivity contribution in [3.8, 4) is 11.5 Å². The number of methoxy groups -OCH3 is 1. The number of pyridine rings is 1. The summed E-state index contributed by atoms with van der Waals surface area (Å²) in [5.74, 6) is 1.17. The van der Waals surface area contributed by atoms with Gasteiger partial charge < -0.3 is 19.9 Å². The van der Waals surface area contributed by atoms with Crippen molar-refractivity contribution in [1.82, 2.24) is 15.2 Å². The van der Waals surface area contributed by atoms with Gasteiger partial charge in [-0.25, -0.2) is 0 Å². The first-order chi connectivity index (χ1) is 14.7. The molecule has 1 aromatic carbocycles. The molecule has 0 radical (unpaired) electrons. The van der Waals surface area contributed by atoms with Gasteiger partial charge in [0.25, 0.3) is 5.91 Å². The zero-order valence-corrected chi connectivity index (χ0v) is 17.2. The van der Waals surface area contributed by atoms with Crippen LogP contribution in [0.1, 0.15) is 36.0 Å². The van der Waals surface area contributed by atoms with Crippen LogP contribution >= 0.6 is 0 Å². The molecule has 2 fully saturated rings. The molecule has 1 saturated heterocycles. The number of aliphatic hydroxyl groups excluding tert-OH is 1. The van der Waals surface area contributed by atoms with Crippen LogP contribution in [-0.2, 0) is 0 Å². The second-order valence-corrected chi connectivity index (χ2v) is 7.97. The van der Waals surface area contributed by atoms with E-state index in [9.17, 15) is 9.90 Å². The standard InChI is InChI=1S/C23H29N3O4/c1-29-17-8-5-9-18(13-17)30-20-14-19(25-23(28)16-7-6-10-24-15-16)21(22(20)27)26-11-3-2-4-12-26/h5-10,13,15,19-22,27H,2-4,11-12,14H2,1H3,(H,25,28)/t19-,20-,21+,22+/m1/s1. The molecule has 2 N–H and O–H groups in total. The number of rotatable bonds is 6. The van der Waals surface area contributed by atoms with Crippen molar-refractivity contribution in [2.75, 3.05) is 20.2 Å². The highest BCUT2D eigenvalue weighted by Crippen LogP contribution is 2.32. The Morgan fingerprint density at radius 3 is 2.70 bits per heavy atom. The molecule has 7 nitrogen and oxygen atoms in total. The second-order valence-electron chi connectivity index (χ2n) is 7.97. The second kappa shape index (κ2) is 9.45. The summed E-state index contributed by atoms with van der Waals surface area (Å²) in [7, 11) is 1.61. The summed E-state index contributed by atoms with van der Waals surface area (Å²) in [6.07, 6.45) is 6.03. The van der Waals surface area contributed by atoms with Crippen molar-refractivity contribution < 1.29 is 19.4 Å². The molecule has 7 heteroatoms. The minimum Gasteiger partial charge on any atom is -0.497 e. The number of amides is 1. The Kier molecular flexibility index (Phi) is 6.50. The number of hydrogen-bond acceptors (Lipinski definition) is 6. The molecule has 4 atom stereocenters. The number of aliphatic hydroxyl groups is 1. The number of carbonyl (C=O) groups excluding carboxylic acids is 1. The Morgan fingerprint density at radius 1 is 1.17 bits per heavy atom. The highest BCUT2D eigenvalue weighted by atomic mass is 16.5. The molecule has 1 aromatic heterocycles. The van der Waals surface area contributed by atoms with E-state index >= 15 is 0 Å². The number of piperidine rings is 1. The van der Waals surface area contributed by atoms with Crippen LogP contribution in [0.25, 0.3) is 0 Å². The molecule has 0 unspecified atom stereocenters. The summed E-state index contributed by atoms with van der Waals surface area (Å²) >= 11 is 0. The fourth-order valence-electron chi connectivity index (χ4n) is 4.53. The maximum absolute atomic E-state index is 12.8. The van der Waals surface area contributed by atoms with Gasteiger partial charge in [0.05, 0.1) is 24.8 Å². The van der Waals surface area contributed by atoms with Gasteiger partial charge in [-0.1, -0.05) is 12.5 Å². The maximum Gasteiger partial charge on any atom is 0.253 e. The third kappa shape index (κ3) is 4.57. The Morgan fingerprint density at radius 2 is 1.97 bits per heavy atom. The summed E-state index contributed by atoms with van der Waals surface area (Å²) in [4.78, 5) is 19.1. The lowest BCUT2D eigenvalue weighted by Crippen LogP contribution is -2.54. The van der Waals surface area contributed by atoms with Crippen LogP contribution in [-0.4, -0.2) is 65.4 Å². The average Bonchev–Trinajstić information content (AvgIpc) is 3.09. The molecule has 2 aromatic rings. The fourth-order valence-corrected chi connectivity index (χ4v) is 4.53. The van der Waals surface area contributed by atoms with E-state index in [0.29, 0.717) is 23.5 Å². The van der Waals surface area contributed by atoms with Crippen LogP contribution in [0.15, 0.2) is 48.8 Å². The van der Waals surface area contributed by atoms with E-state index in [4.69, 9.17) is 9.47 Å². The Balaban J connectivity index is 1.52. The molecule has 1 aliphatic heterocycles. The number of aromatic nitrogens is 1. The molecule has 160 valence electrons. The SMILES string of the molecule is COc1cccc(O[C@@H]2C[C@@H](NC(=O)c3cccnc3)[C@H](N3CCCCC3)[C@H]2O)c1. The van der Waals surface area contributed by atoms with E-state index in [2.05, 4.69) is 15.2 Å². The molecule has 0 spiro atoms. The normalized spacial score (nSPS) is 26.9. The number of likely N-dealkylation sites (tertiary alicyclic amines) is 1. The van der Waals surface area contributed by atoms with E-state index in [1.165, 1.54) is 6.42 Å². The van der Waals surface area contributed by atoms with Crippen molar-refractivity contribution in [2.24, 2.45) is 0 Å². The van der Waals surface area contributed by atoms with Gasteiger partial charge >= 0.3 is 0 Å². The number of carbonyl (C=O) groups is 1. The lowest BCUT2D eigenvalue weighted by atomic mass is 10.0. The molecule has 2 heterocycles. The van der Waals surface area contributed by atoms with E-state index in [0.717, 1.165) is 25.9 Å². The first-order valence-corrected chi connectivity index (χ1v) is 10.6. The monoisotopic (exact) mass is 411 g/mol. The van der Waals surface area contributed by atoms with Crippen LogP contribution in [0.2, 0.25) is 0 Å². The van der Waals surface area contributed by atoms with Gasteiger partial charge in [0.2, 0.25) is 0 Å². The molecular formula is C23H29N3O4. The van der Waals surface area contributed by atoms with Crippen molar-refractivity contribution in [3.05, 3.63) is 54.4 Å². The first-order valence-electron chi connectivity index (χ1n) is 10.6. The van der Waals surface area contributed by atoms with Gasteiger partial charge in [0.15, 0.2) is 0 Å². The van der Waals surface area contributed by atoms with E-state index in [1.54, 1.807) is 31.6 Å². The molecule has 30 heavy (non-hydrogen) atoms. The first kappa shape index (κ1) is 20.6. The Labute approximate surface area is 177 Å². The predicted molar refractivity (Wildman–Crippen MR) is 113 cm³/mol. The van der Waals surface area contributed by atoms with Crippen LogP contribution in [0.4, 0.5) is 0 Å². The van der Waals surface area contributed by atoms with Crippen LogP contribution < -0.4 is 14.8 Å². The Bertz CT molecular complexity index is 841. The van der Waals surface area contributed by atoms with Crippen LogP contribution in [0, 0.1) is 0 Å². The molecular weight excluding hydrogens is 382 g/mol. The van der Waals surface area contributed by atoms with Gasteiger partial charge in [-0.3, -0.25) is 14.7 Å². The van der Waals surface area contributed by atoms with E-state index < -0.39 is 12.2 Å². The lowest BCUT2D eigenvalue weighted by Gasteiger charge is -2.37. The fraction of sp³-hybridized carbons (Fsp3) is 0.478. The third-order valence-corrected chi connectivity index (χ3v) is 6.01. The molecule has 4 rings (SSSR count). The lowest BCUT2D eigenvalue weighted by molar-refractivity contribution is 0.00140. The molecule has 1 amide bonds. The van der Waals surface area contributed by atoms with Gasteiger partial charge in [-0.05, 0) is 50.2 Å². The number of ether oxygens (including phenoxy) is 2. The summed E-state index contributed by atoms with van der Waals surface area (Å²) < 4.78 is 11.4. The molecule has 2 aliphatic rings. The van der Waals surface area contributed by atoms with Crippen molar-refractivity contribution in [3.63, 3.8) is 0 Å². The molecule has 1 saturated carbocycles. The van der Waals surface area contributed by atoms with Gasteiger partial charge in [0.1, 0.15) is 23.7 Å². The molecule has 0 bridgehead atoms. The van der Waals surface area contributed by atoms with Crippen molar-refractivity contribution in [2.45, 2.75) is 50.0 Å². The highest BCUT2D eigenvalue weighted by Gasteiger charge is 2.47. The average molecular weight is 412 g/mol. The van der Waals surface area contributed by atoms with Crippen molar-refractivity contribution >= 4 is 5.91 Å². The number of hydrogen-bond donors (Lipinski definition) is 2. The van der Waals surface area contributed by atoms with Gasteiger partial charge in [0, 0.05) is 24.9 Å². The molecule has 1 aliphatic carbocycles. The van der Waals surface area contributed by atoms with E-state index in [1.807, 2.05) is 24.3 Å². The van der Waals surface area contributed by atoms with Gasteiger partial charge in [-0.2, -0.15) is 0 Å². The topological polar surface area (TPSA) is 83.9 Å². The largest absolute Gasteiger partial charge is 0.497 e. The van der Waals surface area contributed by atoms with Crippen LogP contribution in [0.3, 0.4) is 0 Å². The zero-order chi connectivity index (χ0) is 20.9. The van der Waals surface area contributed by atoms with Crippen LogP contribution in [0.5, 0.6) is 11.5 Å². The minimum atomic E-state index is -0.700. The Hall–Kier alpha value is -2.64. The summed E-state index contributed by atoms with van der Waals surface area (Å²) in [6, 6.07) is 10.5. The zero-order valence-electron chi connectivity index (χ0n) is 17.2. The van der Waals surface area contributed by atoms with E-state index in [-0.39, 0.29) is 18.0 Å². The highest BCUT2D eigenvalue weighted by molar-refractivity contribution is 5.94. The maximum atomic E-state index is 12.8. The number of nitrogens with one attached hydrogen (secondary N) is 1. The van der Waals surface area contributed by atoms with Crippen molar-refractivity contribution in [1.29, 1.82) is 0 Å². The number of nitrogens with zero attached hydrogens (tertiary/aromatic N) is 2. The number of benzene rings is 1. The summed E-state index contributed by atoms with van der Waals surface area (Å²) in [6.45, 7) is 1.85. The minimum absolute atomic E-state index is 0.177. The smallest absolute Gasteiger partial charge is 0.253 e. The predicted octanol–water partition coefficient (Wildman–Crippen LogP) is 2.26. The summed E-state index contributed by atoms with van der Waals surface area (Å²) in [5, 5.41) is 14.3. The summed E-state index contributed by atoms with van der Waals surface area (Å²) in [5.41, 5.74) is 0.515. The quantitative estimate of drug-likeness (QED) is 0.759. The third-order valence-electron chi connectivity index (χ3n) is 6.01. The van der Waals surface area contributed by atoms with Gasteiger partial charge in [-0.15, -0.1) is 0 Å².